The monoisotopic (exact) mass is 302 g/mol. The van der Waals surface area contributed by atoms with Crippen LogP contribution in [0.4, 0.5) is 0 Å². The molecule has 0 amide bonds. The Morgan fingerprint density at radius 3 is 2.70 bits per heavy atom. The van der Waals surface area contributed by atoms with Crippen LogP contribution in [0.1, 0.15) is 37.1 Å². The number of hydrogen-bond acceptors (Lipinski definition) is 5. The Labute approximate surface area is 117 Å². The number of rotatable bonds is 7. The highest BCUT2D eigenvalue weighted by Gasteiger charge is 2.39. The van der Waals surface area contributed by atoms with Crippen molar-refractivity contribution in [3.8, 4) is 0 Å². The zero-order valence-corrected chi connectivity index (χ0v) is 12.1. The normalized spacial score (nSPS) is 17.6. The molecule has 0 radical (unpaired) electrons. The fourth-order valence-electron chi connectivity index (χ4n) is 2.41. The van der Waals surface area contributed by atoms with Gasteiger partial charge in [-0.05, 0) is 25.2 Å². The minimum Gasteiger partial charge on any atom is -0.481 e. The number of aromatic nitrogens is 1. The molecule has 0 unspecified atom stereocenters. The number of sulfonamides is 1. The van der Waals surface area contributed by atoms with Crippen LogP contribution in [-0.4, -0.2) is 31.2 Å². The lowest BCUT2D eigenvalue weighted by Crippen LogP contribution is -2.43. The summed E-state index contributed by atoms with van der Waals surface area (Å²) in [6.07, 6.45) is 2.42. The number of aliphatic carboxylic acids is 1. The maximum Gasteiger partial charge on any atom is 0.303 e. The first kappa shape index (κ1) is 15.0. The molecule has 0 atom stereocenters. The Bertz CT molecular complexity index is 589. The van der Waals surface area contributed by atoms with Crippen LogP contribution in [0.5, 0.6) is 0 Å². The molecule has 0 bridgehead atoms. The zero-order valence-electron chi connectivity index (χ0n) is 11.3. The molecular weight excluding hydrogens is 284 g/mol. The SMILES string of the molecule is Cc1cc(CS(=O)(=O)NCC2(CC(=O)O)CCC2)no1. The van der Waals surface area contributed by atoms with Crippen LogP contribution in [0.3, 0.4) is 0 Å². The highest BCUT2D eigenvalue weighted by molar-refractivity contribution is 7.88. The molecule has 1 aromatic rings. The van der Waals surface area contributed by atoms with Crippen molar-refractivity contribution in [3.63, 3.8) is 0 Å². The number of nitrogens with one attached hydrogen (secondary N) is 1. The highest BCUT2D eigenvalue weighted by Crippen LogP contribution is 2.43. The van der Waals surface area contributed by atoms with Gasteiger partial charge in [-0.1, -0.05) is 11.6 Å². The van der Waals surface area contributed by atoms with E-state index in [4.69, 9.17) is 9.63 Å². The van der Waals surface area contributed by atoms with E-state index >= 15 is 0 Å². The van der Waals surface area contributed by atoms with Crippen molar-refractivity contribution in [1.29, 1.82) is 0 Å². The van der Waals surface area contributed by atoms with E-state index in [0.717, 1.165) is 19.3 Å². The molecule has 0 aliphatic heterocycles. The highest BCUT2D eigenvalue weighted by atomic mass is 32.2. The zero-order chi connectivity index (χ0) is 14.8. The molecule has 0 aromatic carbocycles. The van der Waals surface area contributed by atoms with E-state index in [2.05, 4.69) is 9.88 Å². The molecule has 0 spiro atoms. The molecule has 1 fully saturated rings. The van der Waals surface area contributed by atoms with Gasteiger partial charge in [0.2, 0.25) is 10.0 Å². The lowest BCUT2D eigenvalue weighted by atomic mass is 9.67. The summed E-state index contributed by atoms with van der Waals surface area (Å²) in [6, 6.07) is 1.57. The van der Waals surface area contributed by atoms with E-state index in [9.17, 15) is 13.2 Å². The van der Waals surface area contributed by atoms with Gasteiger partial charge in [0.05, 0.1) is 6.42 Å². The lowest BCUT2D eigenvalue weighted by Gasteiger charge is -2.40. The van der Waals surface area contributed by atoms with Gasteiger partial charge in [0, 0.05) is 12.6 Å². The second kappa shape index (κ2) is 5.53. The summed E-state index contributed by atoms with van der Waals surface area (Å²) in [7, 11) is -3.53. The summed E-state index contributed by atoms with van der Waals surface area (Å²) in [5.74, 6) is -0.597. The summed E-state index contributed by atoms with van der Waals surface area (Å²) in [5, 5.41) is 12.5. The molecule has 1 aliphatic rings. The van der Waals surface area contributed by atoms with Gasteiger partial charge in [-0.25, -0.2) is 13.1 Å². The molecule has 112 valence electrons. The van der Waals surface area contributed by atoms with Crippen molar-refractivity contribution in [2.75, 3.05) is 6.54 Å². The second-order valence-electron chi connectivity index (χ2n) is 5.43. The van der Waals surface area contributed by atoms with E-state index in [0.29, 0.717) is 11.5 Å². The molecule has 7 nitrogen and oxygen atoms in total. The minimum atomic E-state index is -3.53. The van der Waals surface area contributed by atoms with Crippen LogP contribution < -0.4 is 4.72 Å². The number of hydrogen-bond donors (Lipinski definition) is 2. The fraction of sp³-hybridized carbons (Fsp3) is 0.667. The quantitative estimate of drug-likeness (QED) is 0.779. The van der Waals surface area contributed by atoms with Crippen LogP contribution in [-0.2, 0) is 20.6 Å². The smallest absolute Gasteiger partial charge is 0.303 e. The molecule has 0 saturated heterocycles. The van der Waals surface area contributed by atoms with Gasteiger partial charge >= 0.3 is 5.97 Å². The van der Waals surface area contributed by atoms with Gasteiger partial charge in [0.25, 0.3) is 0 Å². The average Bonchev–Trinajstić information content (AvgIpc) is 2.66. The maximum absolute atomic E-state index is 11.9. The Balaban J connectivity index is 1.93. The predicted octanol–water partition coefficient (Wildman–Crippen LogP) is 1.05. The molecule has 1 aromatic heterocycles. The fourth-order valence-corrected chi connectivity index (χ4v) is 3.56. The van der Waals surface area contributed by atoms with E-state index in [1.807, 2.05) is 0 Å². The first-order valence-electron chi connectivity index (χ1n) is 6.42. The van der Waals surface area contributed by atoms with Crippen molar-refractivity contribution in [1.82, 2.24) is 9.88 Å². The number of nitrogens with zero attached hydrogens (tertiary/aromatic N) is 1. The molecule has 8 heteroatoms. The standard InChI is InChI=1S/C12H18N2O5S/c1-9-5-10(14-19-9)7-20(17,18)13-8-12(3-2-4-12)6-11(15)16/h5,13H,2-4,6-8H2,1H3,(H,15,16). The first-order valence-corrected chi connectivity index (χ1v) is 8.07. The topological polar surface area (TPSA) is 110 Å². The van der Waals surface area contributed by atoms with Gasteiger partial charge in [0.1, 0.15) is 17.2 Å². The molecule has 1 heterocycles. The third-order valence-corrected chi connectivity index (χ3v) is 4.88. The summed E-state index contributed by atoms with van der Waals surface area (Å²) in [4.78, 5) is 10.8. The minimum absolute atomic E-state index is 0.00140. The maximum atomic E-state index is 11.9. The van der Waals surface area contributed by atoms with E-state index < -0.39 is 21.4 Å². The van der Waals surface area contributed by atoms with Crippen molar-refractivity contribution in [3.05, 3.63) is 17.5 Å². The second-order valence-corrected chi connectivity index (χ2v) is 7.24. The average molecular weight is 302 g/mol. The molecular formula is C12H18N2O5S. The molecule has 1 aliphatic carbocycles. The Morgan fingerprint density at radius 2 is 2.25 bits per heavy atom. The van der Waals surface area contributed by atoms with Crippen molar-refractivity contribution < 1.29 is 22.8 Å². The van der Waals surface area contributed by atoms with Crippen LogP contribution in [0, 0.1) is 12.3 Å². The van der Waals surface area contributed by atoms with Crippen molar-refractivity contribution in [2.24, 2.45) is 5.41 Å². The third-order valence-electron chi connectivity index (χ3n) is 3.62. The van der Waals surface area contributed by atoms with Crippen molar-refractivity contribution in [2.45, 2.75) is 38.4 Å². The summed E-state index contributed by atoms with van der Waals surface area (Å²) in [5.41, 5.74) is -0.0885. The first-order chi connectivity index (χ1) is 9.30. The van der Waals surface area contributed by atoms with Gasteiger partial charge in [-0.15, -0.1) is 0 Å². The van der Waals surface area contributed by atoms with Crippen LogP contribution in [0.2, 0.25) is 0 Å². The molecule has 2 N–H and O–H groups in total. The Morgan fingerprint density at radius 1 is 1.55 bits per heavy atom. The Kier molecular flexibility index (Phi) is 4.14. The third kappa shape index (κ3) is 3.80. The molecule has 2 rings (SSSR count). The lowest BCUT2D eigenvalue weighted by molar-refractivity contribution is -0.141. The number of carboxylic acid groups (broad SMARTS) is 1. The van der Waals surface area contributed by atoms with Crippen LogP contribution >= 0.6 is 0 Å². The molecule has 1 saturated carbocycles. The predicted molar refractivity (Wildman–Crippen MR) is 70.4 cm³/mol. The van der Waals surface area contributed by atoms with Crippen molar-refractivity contribution >= 4 is 16.0 Å². The Hall–Kier alpha value is -1.41. The van der Waals surface area contributed by atoms with Crippen LogP contribution in [0.25, 0.3) is 0 Å². The summed E-state index contributed by atoms with van der Waals surface area (Å²) >= 11 is 0. The number of carbonyl (C=O) groups is 1. The van der Waals surface area contributed by atoms with Gasteiger partial charge < -0.3 is 9.63 Å². The van der Waals surface area contributed by atoms with E-state index in [1.54, 1.807) is 13.0 Å². The van der Waals surface area contributed by atoms with Crippen LogP contribution in [0.15, 0.2) is 10.6 Å². The molecule has 20 heavy (non-hydrogen) atoms. The largest absolute Gasteiger partial charge is 0.481 e. The van der Waals surface area contributed by atoms with E-state index in [-0.39, 0.29) is 18.7 Å². The number of aryl methyl sites for hydroxylation is 1. The van der Waals surface area contributed by atoms with Gasteiger partial charge in [-0.3, -0.25) is 4.79 Å². The number of carboxylic acids is 1. The van der Waals surface area contributed by atoms with E-state index in [1.165, 1.54) is 0 Å². The van der Waals surface area contributed by atoms with Gasteiger partial charge in [-0.2, -0.15) is 0 Å². The van der Waals surface area contributed by atoms with Gasteiger partial charge in [0.15, 0.2) is 0 Å². The summed E-state index contributed by atoms with van der Waals surface area (Å²) < 4.78 is 31.2. The summed E-state index contributed by atoms with van der Waals surface area (Å²) in [6.45, 7) is 1.85.